The molecular weight excluding hydrogens is 364 g/mol. The largest absolute Gasteiger partial charge is 0.340 e. The number of rotatable bonds is 6. The number of benzene rings is 1. The van der Waals surface area contributed by atoms with Crippen molar-refractivity contribution in [1.82, 2.24) is 14.5 Å². The molecule has 2 heterocycles. The summed E-state index contributed by atoms with van der Waals surface area (Å²) in [4.78, 5) is 31.8. The summed E-state index contributed by atoms with van der Waals surface area (Å²) in [6.45, 7) is 3.48. The monoisotopic (exact) mass is 388 g/mol. The fraction of sp³-hybridized carbons (Fsp3) is 0.450. The van der Waals surface area contributed by atoms with Crippen molar-refractivity contribution in [3.8, 4) is 0 Å². The number of carbonyl (C=O) groups is 2. The molecule has 0 saturated heterocycles. The van der Waals surface area contributed by atoms with Crippen molar-refractivity contribution in [3.63, 3.8) is 0 Å². The Hall–Kier alpha value is -2.34. The second kappa shape index (κ2) is 8.57. The highest BCUT2D eigenvalue weighted by atomic mass is 35.5. The number of fused-ring (bicyclic) bond motifs is 1. The van der Waals surface area contributed by atoms with Crippen LogP contribution in [0.25, 0.3) is 0 Å². The molecule has 144 valence electrons. The van der Waals surface area contributed by atoms with Gasteiger partial charge in [0.05, 0.1) is 5.69 Å². The molecule has 0 unspecified atom stereocenters. The van der Waals surface area contributed by atoms with Crippen LogP contribution in [-0.2, 0) is 13.0 Å². The van der Waals surface area contributed by atoms with Gasteiger partial charge in [-0.1, -0.05) is 31.0 Å². The molecule has 0 atom stereocenters. The molecule has 0 bridgehead atoms. The van der Waals surface area contributed by atoms with Crippen LogP contribution in [0.15, 0.2) is 24.3 Å². The maximum Gasteiger partial charge on any atom is 0.291 e. The molecule has 0 radical (unpaired) electrons. The van der Waals surface area contributed by atoms with Gasteiger partial charge in [-0.15, -0.1) is 0 Å². The van der Waals surface area contributed by atoms with Gasteiger partial charge in [0.15, 0.2) is 5.82 Å². The van der Waals surface area contributed by atoms with Gasteiger partial charge in [-0.25, -0.2) is 4.98 Å². The van der Waals surface area contributed by atoms with Crippen LogP contribution in [0.5, 0.6) is 0 Å². The van der Waals surface area contributed by atoms with E-state index < -0.39 is 0 Å². The number of halogens is 1. The third-order valence-electron chi connectivity index (χ3n) is 4.80. The molecule has 27 heavy (non-hydrogen) atoms. The quantitative estimate of drug-likeness (QED) is 0.813. The zero-order valence-electron chi connectivity index (χ0n) is 15.8. The average molecular weight is 389 g/mol. The van der Waals surface area contributed by atoms with Gasteiger partial charge >= 0.3 is 0 Å². The SMILES string of the molecule is CCCCN(C)C(=O)c1nc(C(=O)Nc2cccc(Cl)c2)n2c1CCCC2. The lowest BCUT2D eigenvalue weighted by Crippen LogP contribution is -2.29. The van der Waals surface area contributed by atoms with E-state index >= 15 is 0 Å². The molecule has 0 fully saturated rings. The van der Waals surface area contributed by atoms with E-state index in [1.165, 1.54) is 0 Å². The van der Waals surface area contributed by atoms with Crippen LogP contribution in [0.3, 0.4) is 0 Å². The molecule has 1 aromatic carbocycles. The van der Waals surface area contributed by atoms with Crippen molar-refractivity contribution < 1.29 is 9.59 Å². The van der Waals surface area contributed by atoms with Gasteiger partial charge in [0, 0.05) is 30.8 Å². The van der Waals surface area contributed by atoms with Crippen LogP contribution in [-0.4, -0.2) is 39.9 Å². The molecule has 1 N–H and O–H groups in total. The van der Waals surface area contributed by atoms with Crippen LogP contribution in [0.2, 0.25) is 5.02 Å². The lowest BCUT2D eigenvalue weighted by atomic mass is 10.1. The average Bonchev–Trinajstić information content (AvgIpc) is 3.05. The van der Waals surface area contributed by atoms with Gasteiger partial charge in [0.1, 0.15) is 5.69 Å². The van der Waals surface area contributed by atoms with Gasteiger partial charge in [-0.2, -0.15) is 0 Å². The van der Waals surface area contributed by atoms with E-state index in [1.807, 2.05) is 4.57 Å². The predicted molar refractivity (Wildman–Crippen MR) is 106 cm³/mol. The summed E-state index contributed by atoms with van der Waals surface area (Å²) in [5.74, 6) is -0.150. The summed E-state index contributed by atoms with van der Waals surface area (Å²) in [5.41, 5.74) is 1.88. The first-order valence-corrected chi connectivity index (χ1v) is 9.80. The molecule has 7 heteroatoms. The maximum absolute atomic E-state index is 12.9. The molecule has 0 spiro atoms. The standard InChI is InChI=1S/C20H25ClN4O2/c1-3-4-11-24(2)20(27)17-16-10-5-6-12-25(16)18(23-17)19(26)22-15-9-7-8-14(21)13-15/h7-9,13H,3-6,10-12H2,1-2H3,(H,22,26). The van der Waals surface area contributed by atoms with E-state index in [0.717, 1.165) is 37.8 Å². The minimum Gasteiger partial charge on any atom is -0.340 e. The first-order chi connectivity index (χ1) is 13.0. The Labute approximate surface area is 164 Å². The zero-order chi connectivity index (χ0) is 19.4. The van der Waals surface area contributed by atoms with Crippen molar-refractivity contribution in [2.24, 2.45) is 0 Å². The number of hydrogen-bond donors (Lipinski definition) is 1. The molecule has 0 saturated carbocycles. The zero-order valence-corrected chi connectivity index (χ0v) is 16.6. The van der Waals surface area contributed by atoms with Crippen molar-refractivity contribution in [2.45, 2.75) is 45.6 Å². The van der Waals surface area contributed by atoms with Crippen LogP contribution >= 0.6 is 11.6 Å². The Bertz CT molecular complexity index is 847. The number of unbranched alkanes of at least 4 members (excludes halogenated alkanes) is 1. The maximum atomic E-state index is 12.9. The van der Waals surface area contributed by atoms with E-state index in [0.29, 0.717) is 29.5 Å². The Kier molecular flexibility index (Phi) is 6.16. The summed E-state index contributed by atoms with van der Waals surface area (Å²) in [6.07, 6.45) is 4.70. The molecule has 3 rings (SSSR count). The molecule has 1 aliphatic rings. The minimum atomic E-state index is -0.323. The van der Waals surface area contributed by atoms with Crippen LogP contribution < -0.4 is 5.32 Å². The number of imidazole rings is 1. The number of anilines is 1. The Morgan fingerprint density at radius 3 is 2.89 bits per heavy atom. The van der Waals surface area contributed by atoms with E-state index in [9.17, 15) is 9.59 Å². The summed E-state index contributed by atoms with van der Waals surface area (Å²) < 4.78 is 1.89. The summed E-state index contributed by atoms with van der Waals surface area (Å²) >= 11 is 5.99. The van der Waals surface area contributed by atoms with Crippen LogP contribution in [0.1, 0.15) is 59.4 Å². The number of hydrogen-bond acceptors (Lipinski definition) is 3. The van der Waals surface area contributed by atoms with Gasteiger partial charge in [0.2, 0.25) is 0 Å². The predicted octanol–water partition coefficient (Wildman–Crippen LogP) is 4.00. The normalized spacial score (nSPS) is 13.1. The van der Waals surface area contributed by atoms with Crippen LogP contribution in [0.4, 0.5) is 5.69 Å². The summed E-state index contributed by atoms with van der Waals surface area (Å²) in [6, 6.07) is 6.98. The highest BCUT2D eigenvalue weighted by Crippen LogP contribution is 2.23. The molecule has 1 aliphatic heterocycles. The number of nitrogens with one attached hydrogen (secondary N) is 1. The third kappa shape index (κ3) is 4.33. The number of carbonyl (C=O) groups excluding carboxylic acids is 2. The van der Waals surface area contributed by atoms with E-state index in [1.54, 1.807) is 36.2 Å². The lowest BCUT2D eigenvalue weighted by Gasteiger charge is -2.19. The molecule has 1 aromatic heterocycles. The van der Waals surface area contributed by atoms with Crippen molar-refractivity contribution in [2.75, 3.05) is 18.9 Å². The molecule has 0 aliphatic carbocycles. The van der Waals surface area contributed by atoms with Crippen molar-refractivity contribution in [1.29, 1.82) is 0 Å². The summed E-state index contributed by atoms with van der Waals surface area (Å²) in [5, 5.41) is 3.38. The van der Waals surface area contributed by atoms with E-state index in [4.69, 9.17) is 11.6 Å². The topological polar surface area (TPSA) is 67.2 Å². The van der Waals surface area contributed by atoms with Crippen molar-refractivity contribution in [3.05, 3.63) is 46.5 Å². The second-order valence-electron chi connectivity index (χ2n) is 6.88. The highest BCUT2D eigenvalue weighted by molar-refractivity contribution is 6.30. The van der Waals surface area contributed by atoms with Crippen LogP contribution in [0, 0.1) is 0 Å². The van der Waals surface area contributed by atoms with Gasteiger partial charge in [0.25, 0.3) is 11.8 Å². The summed E-state index contributed by atoms with van der Waals surface area (Å²) in [7, 11) is 1.79. The lowest BCUT2D eigenvalue weighted by molar-refractivity contribution is 0.0786. The van der Waals surface area contributed by atoms with Gasteiger partial charge in [-0.3, -0.25) is 9.59 Å². The van der Waals surface area contributed by atoms with Gasteiger partial charge in [-0.05, 0) is 43.9 Å². The smallest absolute Gasteiger partial charge is 0.291 e. The molecule has 2 aromatic rings. The Morgan fingerprint density at radius 2 is 2.15 bits per heavy atom. The second-order valence-corrected chi connectivity index (χ2v) is 7.32. The van der Waals surface area contributed by atoms with Crippen molar-refractivity contribution >= 4 is 29.1 Å². The van der Waals surface area contributed by atoms with E-state index in [-0.39, 0.29) is 17.6 Å². The molecule has 2 amide bonds. The Morgan fingerprint density at radius 1 is 1.33 bits per heavy atom. The molecular formula is C20H25ClN4O2. The first kappa shape index (κ1) is 19.4. The first-order valence-electron chi connectivity index (χ1n) is 9.43. The number of amides is 2. The fourth-order valence-corrected chi connectivity index (χ4v) is 3.51. The minimum absolute atomic E-state index is 0.115. The van der Waals surface area contributed by atoms with Gasteiger partial charge < -0.3 is 14.8 Å². The van der Waals surface area contributed by atoms with E-state index in [2.05, 4.69) is 17.2 Å². The molecule has 6 nitrogen and oxygen atoms in total. The highest BCUT2D eigenvalue weighted by Gasteiger charge is 2.28. The fourth-order valence-electron chi connectivity index (χ4n) is 3.32. The number of aromatic nitrogens is 2. The third-order valence-corrected chi connectivity index (χ3v) is 5.03. The number of nitrogens with zero attached hydrogens (tertiary/aromatic N) is 3. The Balaban J connectivity index is 1.88.